The molecule has 0 aliphatic rings. The van der Waals surface area contributed by atoms with E-state index >= 15 is 0 Å². The third kappa shape index (κ3) is 5.85. The van der Waals surface area contributed by atoms with Gasteiger partial charge in [0.25, 0.3) is 10.1 Å². The van der Waals surface area contributed by atoms with Crippen LogP contribution in [-0.2, 0) is 14.9 Å². The summed E-state index contributed by atoms with van der Waals surface area (Å²) in [4.78, 5) is 11.6. The van der Waals surface area contributed by atoms with E-state index in [2.05, 4.69) is 6.92 Å². The van der Waals surface area contributed by atoms with Crippen LogP contribution in [-0.4, -0.2) is 18.9 Å². The molecule has 0 radical (unpaired) electrons. The van der Waals surface area contributed by atoms with E-state index in [4.69, 9.17) is 9.29 Å². The highest BCUT2D eigenvalue weighted by atomic mass is 32.2. The van der Waals surface area contributed by atoms with Crippen molar-refractivity contribution in [2.24, 2.45) is 5.92 Å². The second-order valence-electron chi connectivity index (χ2n) is 5.09. The van der Waals surface area contributed by atoms with E-state index in [0.29, 0.717) is 6.42 Å². The van der Waals surface area contributed by atoms with E-state index in [1.54, 1.807) is 13.0 Å². The highest BCUT2D eigenvalue weighted by molar-refractivity contribution is 7.86. The lowest BCUT2D eigenvalue weighted by Crippen LogP contribution is -2.19. The van der Waals surface area contributed by atoms with Crippen LogP contribution in [0.4, 0.5) is 0 Å². The first-order chi connectivity index (χ1) is 9.86. The fourth-order valence-corrected chi connectivity index (χ4v) is 2.57. The number of carbonyl (C=O) groups excluding carboxylic acids is 1. The molecule has 6 heteroatoms. The molecule has 0 saturated carbocycles. The van der Waals surface area contributed by atoms with E-state index in [-0.39, 0.29) is 11.7 Å². The molecule has 0 aliphatic heterocycles. The molecule has 0 heterocycles. The third-order valence-corrected chi connectivity index (χ3v) is 4.12. The normalized spacial score (nSPS) is 12.9. The molecule has 118 valence electrons. The second kappa shape index (κ2) is 8.14. The maximum absolute atomic E-state index is 12.0. The summed E-state index contributed by atoms with van der Waals surface area (Å²) < 4.78 is 36.6. The number of esters is 1. The minimum atomic E-state index is -4.41. The Balaban J connectivity index is 2.67. The minimum Gasteiger partial charge on any atom is -0.425 e. The Morgan fingerprint density at radius 2 is 1.90 bits per heavy atom. The van der Waals surface area contributed by atoms with Gasteiger partial charge in [0.05, 0.1) is 5.92 Å². The quantitative estimate of drug-likeness (QED) is 0.344. The van der Waals surface area contributed by atoms with Gasteiger partial charge >= 0.3 is 5.97 Å². The lowest BCUT2D eigenvalue weighted by molar-refractivity contribution is -0.138. The van der Waals surface area contributed by atoms with Gasteiger partial charge in [0, 0.05) is 0 Å². The molecule has 0 fully saturated rings. The van der Waals surface area contributed by atoms with Crippen LogP contribution in [0.1, 0.15) is 46.0 Å². The molecule has 0 amide bonds. The van der Waals surface area contributed by atoms with Gasteiger partial charge in [0.2, 0.25) is 0 Å². The molecule has 0 spiro atoms. The van der Waals surface area contributed by atoms with Crippen molar-refractivity contribution in [1.29, 1.82) is 0 Å². The molecule has 1 N–H and O–H groups in total. The number of para-hydroxylation sites is 1. The van der Waals surface area contributed by atoms with Crippen molar-refractivity contribution in [1.82, 2.24) is 0 Å². The predicted octanol–water partition coefficient (Wildman–Crippen LogP) is 3.45. The Kier molecular flexibility index (Phi) is 6.84. The molecule has 1 aromatic rings. The number of hydrogen-bond acceptors (Lipinski definition) is 4. The summed E-state index contributed by atoms with van der Waals surface area (Å²) in [5.41, 5.74) is 0. The van der Waals surface area contributed by atoms with Gasteiger partial charge in [-0.1, -0.05) is 51.7 Å². The van der Waals surface area contributed by atoms with Crippen LogP contribution < -0.4 is 4.74 Å². The van der Waals surface area contributed by atoms with E-state index in [1.165, 1.54) is 18.2 Å². The highest BCUT2D eigenvalue weighted by Crippen LogP contribution is 2.24. The molecule has 1 atom stereocenters. The largest absolute Gasteiger partial charge is 0.425 e. The van der Waals surface area contributed by atoms with Gasteiger partial charge in [0.1, 0.15) is 4.90 Å². The average molecular weight is 314 g/mol. The van der Waals surface area contributed by atoms with Gasteiger partial charge in [-0.05, 0) is 18.6 Å². The van der Waals surface area contributed by atoms with Crippen LogP contribution in [0.25, 0.3) is 0 Å². The Labute approximate surface area is 126 Å². The zero-order valence-corrected chi connectivity index (χ0v) is 13.2. The van der Waals surface area contributed by atoms with Crippen LogP contribution in [0.15, 0.2) is 29.2 Å². The van der Waals surface area contributed by atoms with E-state index in [0.717, 1.165) is 25.7 Å². The Morgan fingerprint density at radius 1 is 1.24 bits per heavy atom. The third-order valence-electron chi connectivity index (χ3n) is 3.23. The fourth-order valence-electron chi connectivity index (χ4n) is 1.95. The van der Waals surface area contributed by atoms with Crippen molar-refractivity contribution in [2.45, 2.75) is 50.8 Å². The van der Waals surface area contributed by atoms with Crippen molar-refractivity contribution in [3.63, 3.8) is 0 Å². The first-order valence-corrected chi connectivity index (χ1v) is 8.58. The topological polar surface area (TPSA) is 80.7 Å². The number of hydrogen-bond donors (Lipinski definition) is 1. The number of rotatable bonds is 8. The molecule has 5 nitrogen and oxygen atoms in total. The van der Waals surface area contributed by atoms with Gasteiger partial charge in [-0.3, -0.25) is 9.35 Å². The monoisotopic (exact) mass is 314 g/mol. The average Bonchev–Trinajstić information content (AvgIpc) is 2.42. The number of unbranched alkanes of at least 4 members (excludes halogenated alkanes) is 3. The van der Waals surface area contributed by atoms with E-state index in [9.17, 15) is 13.2 Å². The first kappa shape index (κ1) is 17.7. The SMILES string of the molecule is CCCCCCC(C)C(=O)Oc1ccccc1S(=O)(=O)O. The molecule has 0 aliphatic carbocycles. The van der Waals surface area contributed by atoms with Crippen molar-refractivity contribution >= 4 is 16.1 Å². The summed E-state index contributed by atoms with van der Waals surface area (Å²) in [6.45, 7) is 3.87. The summed E-state index contributed by atoms with van der Waals surface area (Å²) in [5, 5.41) is 0. The van der Waals surface area contributed by atoms with Gasteiger partial charge in [0.15, 0.2) is 5.75 Å². The summed E-state index contributed by atoms with van der Waals surface area (Å²) >= 11 is 0. The summed E-state index contributed by atoms with van der Waals surface area (Å²) in [5.74, 6) is -0.927. The van der Waals surface area contributed by atoms with Crippen LogP contribution >= 0.6 is 0 Å². The molecule has 21 heavy (non-hydrogen) atoms. The fraction of sp³-hybridized carbons (Fsp3) is 0.533. The standard InChI is InChI=1S/C15H22O5S/c1-3-4-5-6-9-12(2)15(16)20-13-10-7-8-11-14(13)21(17,18)19/h7-8,10-12H,3-6,9H2,1-2H3,(H,17,18,19). The zero-order valence-electron chi connectivity index (χ0n) is 12.4. The Hall–Kier alpha value is -1.40. The Bertz CT molecular complexity index is 565. The maximum atomic E-state index is 12.0. The van der Waals surface area contributed by atoms with Crippen molar-refractivity contribution in [2.75, 3.05) is 0 Å². The molecule has 0 bridgehead atoms. The molecular formula is C15H22O5S. The Morgan fingerprint density at radius 3 is 2.52 bits per heavy atom. The molecule has 0 saturated heterocycles. The lowest BCUT2D eigenvalue weighted by atomic mass is 10.0. The smallest absolute Gasteiger partial charge is 0.314 e. The van der Waals surface area contributed by atoms with Crippen LogP contribution in [0.3, 0.4) is 0 Å². The van der Waals surface area contributed by atoms with Gasteiger partial charge in [-0.15, -0.1) is 0 Å². The molecule has 1 aromatic carbocycles. The van der Waals surface area contributed by atoms with Crippen molar-refractivity contribution in [3.05, 3.63) is 24.3 Å². The number of benzene rings is 1. The van der Waals surface area contributed by atoms with Crippen molar-refractivity contribution in [3.8, 4) is 5.75 Å². The predicted molar refractivity (Wildman–Crippen MR) is 79.8 cm³/mol. The molecular weight excluding hydrogens is 292 g/mol. The summed E-state index contributed by atoms with van der Waals surface area (Å²) in [7, 11) is -4.41. The van der Waals surface area contributed by atoms with Crippen molar-refractivity contribution < 1.29 is 22.5 Å². The summed E-state index contributed by atoms with van der Waals surface area (Å²) in [6.07, 6.45) is 4.96. The van der Waals surface area contributed by atoms with Gasteiger partial charge < -0.3 is 4.74 Å². The van der Waals surface area contributed by atoms with Crippen LogP contribution in [0, 0.1) is 5.92 Å². The molecule has 0 aromatic heterocycles. The summed E-state index contributed by atoms with van der Waals surface area (Å²) in [6, 6.07) is 5.55. The lowest BCUT2D eigenvalue weighted by Gasteiger charge is -2.12. The van der Waals surface area contributed by atoms with E-state index in [1.807, 2.05) is 0 Å². The van der Waals surface area contributed by atoms with Gasteiger partial charge in [-0.2, -0.15) is 8.42 Å². The van der Waals surface area contributed by atoms with Crippen LogP contribution in [0.5, 0.6) is 5.75 Å². The zero-order chi connectivity index (χ0) is 15.9. The second-order valence-corrected chi connectivity index (χ2v) is 6.48. The van der Waals surface area contributed by atoms with E-state index < -0.39 is 21.0 Å². The maximum Gasteiger partial charge on any atom is 0.314 e. The molecule has 1 unspecified atom stereocenters. The molecule has 1 rings (SSSR count). The number of ether oxygens (including phenoxy) is 1. The van der Waals surface area contributed by atoms with Crippen LogP contribution in [0.2, 0.25) is 0 Å². The highest BCUT2D eigenvalue weighted by Gasteiger charge is 2.21. The minimum absolute atomic E-state index is 0.134. The first-order valence-electron chi connectivity index (χ1n) is 7.14. The number of carbonyl (C=O) groups is 1. The van der Waals surface area contributed by atoms with Gasteiger partial charge in [-0.25, -0.2) is 0 Å².